The number of hydrogen-bond donors (Lipinski definition) is 2. The molecule has 1 aromatic carbocycles. The minimum absolute atomic E-state index is 0.429. The third-order valence-electron chi connectivity index (χ3n) is 6.01. The Hall–Kier alpha value is -3.11. The van der Waals surface area contributed by atoms with E-state index < -0.39 is 0 Å². The number of nitriles is 1. The normalized spacial score (nSPS) is 14.1. The summed E-state index contributed by atoms with van der Waals surface area (Å²) in [6.07, 6.45) is 9.76. The summed E-state index contributed by atoms with van der Waals surface area (Å²) in [7, 11) is 2.15. The van der Waals surface area contributed by atoms with Gasteiger partial charge in [0.05, 0.1) is 6.07 Å². The molecular formula is C25H35N7. The van der Waals surface area contributed by atoms with Crippen LogP contribution in [0.1, 0.15) is 45.1 Å². The molecule has 170 valence electrons. The van der Waals surface area contributed by atoms with Crippen molar-refractivity contribution < 1.29 is 0 Å². The maximum Gasteiger partial charge on any atom is 0.229 e. The molecule has 1 fully saturated rings. The Kier molecular flexibility index (Phi) is 8.88. The minimum atomic E-state index is 0.429. The van der Waals surface area contributed by atoms with E-state index in [1.165, 1.54) is 24.6 Å². The number of hydrogen-bond acceptors (Lipinski definition) is 7. The first-order valence-corrected chi connectivity index (χ1v) is 11.6. The molecule has 0 spiro atoms. The van der Waals surface area contributed by atoms with Crippen LogP contribution in [0.25, 0.3) is 6.08 Å². The molecule has 7 heteroatoms. The zero-order chi connectivity index (χ0) is 22.8. The van der Waals surface area contributed by atoms with E-state index in [4.69, 9.17) is 10.2 Å². The lowest BCUT2D eigenvalue weighted by Crippen LogP contribution is -2.33. The van der Waals surface area contributed by atoms with Gasteiger partial charge in [-0.3, -0.25) is 0 Å². The summed E-state index contributed by atoms with van der Waals surface area (Å²) in [5.41, 5.74) is 2.99. The monoisotopic (exact) mass is 433 g/mol. The van der Waals surface area contributed by atoms with Gasteiger partial charge in [-0.25, -0.2) is 4.98 Å². The van der Waals surface area contributed by atoms with Gasteiger partial charge in [0.25, 0.3) is 0 Å². The van der Waals surface area contributed by atoms with Gasteiger partial charge in [-0.15, -0.1) is 0 Å². The van der Waals surface area contributed by atoms with Gasteiger partial charge in [0.2, 0.25) is 5.95 Å². The van der Waals surface area contributed by atoms with Gasteiger partial charge in [-0.2, -0.15) is 10.2 Å². The van der Waals surface area contributed by atoms with Crippen LogP contribution < -0.4 is 15.5 Å². The summed E-state index contributed by atoms with van der Waals surface area (Å²) in [4.78, 5) is 13.9. The number of allylic oxidation sites excluding steroid dienone is 1. The molecule has 0 radical (unpaired) electrons. The lowest BCUT2D eigenvalue weighted by Gasteiger charge is -2.26. The van der Waals surface area contributed by atoms with Crippen molar-refractivity contribution in [1.82, 2.24) is 14.9 Å². The summed E-state index contributed by atoms with van der Waals surface area (Å²) < 4.78 is 0. The second-order valence-electron chi connectivity index (χ2n) is 8.23. The molecule has 32 heavy (non-hydrogen) atoms. The fourth-order valence-corrected chi connectivity index (χ4v) is 3.88. The molecule has 0 atom stereocenters. The van der Waals surface area contributed by atoms with Crippen molar-refractivity contribution in [1.29, 1.82) is 5.26 Å². The molecule has 2 N–H and O–H groups in total. The van der Waals surface area contributed by atoms with Crippen LogP contribution in [-0.2, 0) is 0 Å². The summed E-state index contributed by atoms with van der Waals surface area (Å²) in [6, 6.07) is 10.9. The smallest absolute Gasteiger partial charge is 0.229 e. The van der Waals surface area contributed by atoms with E-state index >= 15 is 0 Å². The Bertz CT molecular complexity index is 911. The van der Waals surface area contributed by atoms with E-state index in [0.29, 0.717) is 12.0 Å². The van der Waals surface area contributed by atoms with Crippen molar-refractivity contribution in [3.8, 4) is 6.07 Å². The summed E-state index contributed by atoms with van der Waals surface area (Å²) in [5, 5.41) is 15.7. The third-order valence-corrected chi connectivity index (χ3v) is 6.01. The fraction of sp³-hybridized carbons (Fsp3) is 0.480. The van der Waals surface area contributed by atoms with Crippen molar-refractivity contribution in [3.63, 3.8) is 0 Å². The second kappa shape index (κ2) is 12.1. The van der Waals surface area contributed by atoms with Gasteiger partial charge in [-0.05, 0) is 63.7 Å². The Morgan fingerprint density at radius 1 is 1.12 bits per heavy atom. The first kappa shape index (κ1) is 23.6. The number of nitrogens with zero attached hydrogens (tertiary/aromatic N) is 5. The van der Waals surface area contributed by atoms with Gasteiger partial charge >= 0.3 is 0 Å². The van der Waals surface area contributed by atoms with Gasteiger partial charge in [-0.1, -0.05) is 19.8 Å². The number of rotatable bonds is 11. The predicted molar refractivity (Wildman–Crippen MR) is 133 cm³/mol. The molecule has 7 nitrogen and oxygen atoms in total. The van der Waals surface area contributed by atoms with E-state index in [2.05, 4.69) is 70.6 Å². The van der Waals surface area contributed by atoms with Crippen LogP contribution in [-0.4, -0.2) is 54.1 Å². The predicted octanol–water partition coefficient (Wildman–Crippen LogP) is 4.89. The number of benzene rings is 1. The highest BCUT2D eigenvalue weighted by atomic mass is 15.2. The Balaban J connectivity index is 1.70. The molecule has 2 aromatic rings. The topological polar surface area (TPSA) is 80.1 Å². The SMILES string of the molecule is CCN(C)CCN(CC)c1ccc(Nc2ncc(/C=C/C#N)c(NC3CCCC3)n2)cc1. The maximum atomic E-state index is 8.89. The summed E-state index contributed by atoms with van der Waals surface area (Å²) in [5.74, 6) is 1.32. The van der Waals surface area contributed by atoms with E-state index in [1.807, 2.05) is 6.07 Å². The number of anilines is 4. The molecule has 1 heterocycles. The van der Waals surface area contributed by atoms with Crippen LogP contribution in [0.4, 0.5) is 23.1 Å². The molecule has 0 amide bonds. The second-order valence-corrected chi connectivity index (χ2v) is 8.23. The number of nitrogens with one attached hydrogen (secondary N) is 2. The average Bonchev–Trinajstić information content (AvgIpc) is 3.33. The first-order chi connectivity index (χ1) is 15.6. The Labute approximate surface area is 192 Å². The summed E-state index contributed by atoms with van der Waals surface area (Å²) >= 11 is 0. The van der Waals surface area contributed by atoms with E-state index in [-0.39, 0.29) is 0 Å². The first-order valence-electron chi connectivity index (χ1n) is 11.6. The highest BCUT2D eigenvalue weighted by molar-refractivity contribution is 5.67. The minimum Gasteiger partial charge on any atom is -0.371 e. The van der Waals surface area contributed by atoms with Gasteiger partial charge in [0.15, 0.2) is 0 Å². The van der Waals surface area contributed by atoms with Crippen LogP contribution in [0, 0.1) is 11.3 Å². The van der Waals surface area contributed by atoms with Crippen molar-refractivity contribution in [3.05, 3.63) is 42.1 Å². The van der Waals surface area contributed by atoms with E-state index in [9.17, 15) is 0 Å². The largest absolute Gasteiger partial charge is 0.371 e. The van der Waals surface area contributed by atoms with Gasteiger partial charge < -0.3 is 20.4 Å². The Morgan fingerprint density at radius 2 is 1.88 bits per heavy atom. The molecule has 0 bridgehead atoms. The number of aromatic nitrogens is 2. The zero-order valence-corrected chi connectivity index (χ0v) is 19.5. The maximum absolute atomic E-state index is 8.89. The lowest BCUT2D eigenvalue weighted by molar-refractivity contribution is 0.359. The highest BCUT2D eigenvalue weighted by Gasteiger charge is 2.17. The van der Waals surface area contributed by atoms with Crippen LogP contribution in [0.5, 0.6) is 0 Å². The molecule has 0 saturated heterocycles. The van der Waals surface area contributed by atoms with Crippen LogP contribution in [0.2, 0.25) is 0 Å². The quantitative estimate of drug-likeness (QED) is 0.488. The zero-order valence-electron chi connectivity index (χ0n) is 19.5. The van der Waals surface area contributed by atoms with Gasteiger partial charge in [0, 0.05) is 54.9 Å². The molecule has 1 aromatic heterocycles. The average molecular weight is 434 g/mol. The summed E-state index contributed by atoms with van der Waals surface area (Å²) in [6.45, 7) is 8.45. The molecular weight excluding hydrogens is 398 g/mol. The molecule has 0 aliphatic heterocycles. The van der Waals surface area contributed by atoms with E-state index in [1.54, 1.807) is 12.3 Å². The molecule has 1 aliphatic rings. The van der Waals surface area contributed by atoms with Crippen molar-refractivity contribution in [2.45, 2.75) is 45.6 Å². The standard InChI is InChI=1S/C25H35N7/c1-4-31(3)17-18-32(5-2)23-14-12-22(13-15-23)29-25-27-19-20(9-8-16-26)24(30-25)28-21-10-6-7-11-21/h8-9,12-15,19,21H,4-7,10-11,17-18H2,1-3H3,(H2,27,28,29,30)/b9-8+. The van der Waals surface area contributed by atoms with Crippen LogP contribution in [0.3, 0.4) is 0 Å². The van der Waals surface area contributed by atoms with Crippen molar-refractivity contribution in [2.24, 2.45) is 0 Å². The van der Waals surface area contributed by atoms with Crippen molar-refractivity contribution in [2.75, 3.05) is 48.8 Å². The fourth-order valence-electron chi connectivity index (χ4n) is 3.88. The molecule has 3 rings (SSSR count). The molecule has 1 saturated carbocycles. The molecule has 0 unspecified atom stereocenters. The van der Waals surface area contributed by atoms with Crippen LogP contribution in [0.15, 0.2) is 36.5 Å². The highest BCUT2D eigenvalue weighted by Crippen LogP contribution is 2.26. The van der Waals surface area contributed by atoms with E-state index in [0.717, 1.165) is 56.1 Å². The Morgan fingerprint density at radius 3 is 2.53 bits per heavy atom. The molecule has 1 aliphatic carbocycles. The van der Waals surface area contributed by atoms with Gasteiger partial charge in [0.1, 0.15) is 5.82 Å². The lowest BCUT2D eigenvalue weighted by atomic mass is 10.2. The third kappa shape index (κ3) is 6.69. The number of likely N-dealkylation sites (N-methyl/N-ethyl adjacent to an activating group) is 2. The van der Waals surface area contributed by atoms with Crippen molar-refractivity contribution >= 4 is 29.2 Å². The van der Waals surface area contributed by atoms with Crippen LogP contribution >= 0.6 is 0 Å².